The number of rotatable bonds is 4. The van der Waals surface area contributed by atoms with Crippen LogP contribution in [0, 0.1) is 12.7 Å². The number of pyridine rings is 1. The fraction of sp³-hybridized carbons (Fsp3) is 0.478. The van der Waals surface area contributed by atoms with Gasteiger partial charge in [0.2, 0.25) is 0 Å². The van der Waals surface area contributed by atoms with E-state index in [1.54, 1.807) is 25.8 Å². The molecule has 3 aromatic rings. The van der Waals surface area contributed by atoms with Crippen molar-refractivity contribution < 1.29 is 13.9 Å². The number of anilines is 1. The number of halogens is 2. The van der Waals surface area contributed by atoms with Gasteiger partial charge in [-0.1, -0.05) is 0 Å². The van der Waals surface area contributed by atoms with Gasteiger partial charge in [-0.25, -0.2) is 13.8 Å². The summed E-state index contributed by atoms with van der Waals surface area (Å²) >= 11 is 0. The third-order valence-corrected chi connectivity index (χ3v) is 7.09. The molecule has 174 valence electrons. The number of hydrogen-bond donors (Lipinski definition) is 2. The van der Waals surface area contributed by atoms with E-state index < -0.39 is 12.0 Å². The van der Waals surface area contributed by atoms with Crippen molar-refractivity contribution in [1.82, 2.24) is 25.1 Å². The Morgan fingerprint density at radius 3 is 2.76 bits per heavy atom. The Bertz CT molecular complexity index is 1280. The molecule has 0 amide bonds. The molecule has 4 heterocycles. The molecule has 0 aliphatic carbocycles. The highest BCUT2D eigenvalue weighted by Gasteiger charge is 2.44. The second-order valence-electron chi connectivity index (χ2n) is 8.91. The fourth-order valence-corrected chi connectivity index (χ4v) is 5.19. The zero-order valence-electron chi connectivity index (χ0n) is 18.7. The Balaban J connectivity index is 1.49. The molecule has 2 N–H and O–H groups in total. The molecule has 2 saturated heterocycles. The number of phenols is 1. The SMILES string of the molecule is CCn1c(C)c(F)c2cc(-c3ncc(N(C)[C@H]4CC5CCC(N5)[C@H]4F)nn3)c(O)cc2c1=O. The van der Waals surface area contributed by atoms with Crippen LogP contribution in [0.4, 0.5) is 14.6 Å². The average Bonchev–Trinajstić information content (AvgIpc) is 3.23. The summed E-state index contributed by atoms with van der Waals surface area (Å²) in [5.74, 6) is -0.273. The normalized spacial score (nSPS) is 24.4. The molecule has 0 radical (unpaired) electrons. The lowest BCUT2D eigenvalue weighted by Crippen LogP contribution is -2.55. The fourth-order valence-electron chi connectivity index (χ4n) is 5.19. The maximum Gasteiger partial charge on any atom is 0.258 e. The Hall–Kier alpha value is -3.14. The highest BCUT2D eigenvalue weighted by molar-refractivity contribution is 5.89. The van der Waals surface area contributed by atoms with E-state index in [4.69, 9.17) is 0 Å². The Labute approximate surface area is 189 Å². The number of phenolic OH excluding ortho intramolecular Hbond substituents is 1. The number of aromatic nitrogens is 4. The first-order valence-corrected chi connectivity index (χ1v) is 11.2. The van der Waals surface area contributed by atoms with Crippen molar-refractivity contribution in [2.45, 2.75) is 64.0 Å². The topological polar surface area (TPSA) is 96.2 Å². The first-order chi connectivity index (χ1) is 15.8. The highest BCUT2D eigenvalue weighted by atomic mass is 19.1. The second kappa shape index (κ2) is 8.02. The number of nitrogens with zero attached hydrogens (tertiary/aromatic N) is 5. The first kappa shape index (κ1) is 21.7. The van der Waals surface area contributed by atoms with E-state index >= 15 is 0 Å². The van der Waals surface area contributed by atoms with Crippen molar-refractivity contribution in [3.05, 3.63) is 40.2 Å². The van der Waals surface area contributed by atoms with Crippen LogP contribution in [0.15, 0.2) is 23.1 Å². The molecule has 33 heavy (non-hydrogen) atoms. The molecule has 1 aromatic carbocycles. The second-order valence-corrected chi connectivity index (χ2v) is 8.91. The minimum Gasteiger partial charge on any atom is -0.507 e. The Morgan fingerprint density at radius 1 is 1.27 bits per heavy atom. The van der Waals surface area contributed by atoms with Crippen LogP contribution in [0.5, 0.6) is 5.75 Å². The van der Waals surface area contributed by atoms with Gasteiger partial charge in [-0.05, 0) is 45.2 Å². The molecule has 10 heteroatoms. The number of piperidine rings is 1. The molecule has 2 unspecified atom stereocenters. The zero-order valence-corrected chi connectivity index (χ0v) is 18.7. The minimum atomic E-state index is -1.02. The summed E-state index contributed by atoms with van der Waals surface area (Å²) in [6.45, 7) is 3.62. The molecule has 4 atom stereocenters. The largest absolute Gasteiger partial charge is 0.507 e. The molecule has 2 aliphatic rings. The van der Waals surface area contributed by atoms with Crippen molar-refractivity contribution >= 4 is 16.6 Å². The maximum atomic E-state index is 15.0. The van der Waals surface area contributed by atoms with Gasteiger partial charge in [0, 0.05) is 31.1 Å². The average molecular weight is 456 g/mol. The monoisotopic (exact) mass is 456 g/mol. The Kier molecular flexibility index (Phi) is 5.27. The van der Waals surface area contributed by atoms with E-state index in [1.807, 2.05) is 0 Å². The zero-order chi connectivity index (χ0) is 23.4. The molecule has 0 spiro atoms. The number of benzene rings is 1. The molecule has 2 aromatic heterocycles. The smallest absolute Gasteiger partial charge is 0.258 e. The van der Waals surface area contributed by atoms with Crippen molar-refractivity contribution in [3.63, 3.8) is 0 Å². The summed E-state index contributed by atoms with van der Waals surface area (Å²) in [5.41, 5.74) is 0.0137. The van der Waals surface area contributed by atoms with E-state index in [0.717, 1.165) is 12.8 Å². The lowest BCUT2D eigenvalue weighted by atomic mass is 9.96. The number of hydrogen-bond acceptors (Lipinski definition) is 7. The predicted molar refractivity (Wildman–Crippen MR) is 121 cm³/mol. The van der Waals surface area contributed by atoms with Crippen LogP contribution in [0.25, 0.3) is 22.2 Å². The van der Waals surface area contributed by atoms with Gasteiger partial charge in [0.15, 0.2) is 11.6 Å². The first-order valence-electron chi connectivity index (χ1n) is 11.2. The van der Waals surface area contributed by atoms with Gasteiger partial charge < -0.3 is 19.9 Å². The van der Waals surface area contributed by atoms with Gasteiger partial charge in [0.05, 0.1) is 28.9 Å². The van der Waals surface area contributed by atoms with Crippen LogP contribution < -0.4 is 15.8 Å². The third-order valence-electron chi connectivity index (χ3n) is 7.09. The molecule has 5 rings (SSSR count). The molecule has 2 aliphatic heterocycles. The van der Waals surface area contributed by atoms with Crippen LogP contribution in [-0.2, 0) is 6.54 Å². The van der Waals surface area contributed by atoms with Crippen molar-refractivity contribution in [2.24, 2.45) is 0 Å². The summed E-state index contributed by atoms with van der Waals surface area (Å²) in [6, 6.07) is 2.46. The van der Waals surface area contributed by atoms with Gasteiger partial charge >= 0.3 is 0 Å². The van der Waals surface area contributed by atoms with E-state index in [2.05, 4.69) is 20.5 Å². The van der Waals surface area contributed by atoms with Gasteiger partial charge in [-0.15, -0.1) is 10.2 Å². The molecule has 8 nitrogen and oxygen atoms in total. The summed E-state index contributed by atoms with van der Waals surface area (Å²) in [7, 11) is 1.78. The molecule has 0 saturated carbocycles. The maximum absolute atomic E-state index is 15.0. The van der Waals surface area contributed by atoms with E-state index in [1.165, 1.54) is 22.9 Å². The van der Waals surface area contributed by atoms with Crippen LogP contribution >= 0.6 is 0 Å². The lowest BCUT2D eigenvalue weighted by molar-refractivity contribution is 0.176. The molecular formula is C23H26F2N6O2. The van der Waals surface area contributed by atoms with Crippen LogP contribution in [0.3, 0.4) is 0 Å². The number of nitrogens with one attached hydrogen (secondary N) is 1. The summed E-state index contributed by atoms with van der Waals surface area (Å²) in [4.78, 5) is 18.7. The predicted octanol–water partition coefficient (Wildman–Crippen LogP) is 2.69. The molecular weight excluding hydrogens is 430 g/mol. The van der Waals surface area contributed by atoms with Crippen molar-refractivity contribution in [1.29, 1.82) is 0 Å². The quantitative estimate of drug-likeness (QED) is 0.623. The lowest BCUT2D eigenvalue weighted by Gasteiger charge is -2.38. The van der Waals surface area contributed by atoms with Gasteiger partial charge in [0.1, 0.15) is 17.7 Å². The van der Waals surface area contributed by atoms with Gasteiger partial charge in [-0.3, -0.25) is 4.79 Å². The van der Waals surface area contributed by atoms with Crippen molar-refractivity contribution in [3.8, 4) is 17.1 Å². The van der Waals surface area contributed by atoms with Crippen molar-refractivity contribution in [2.75, 3.05) is 11.9 Å². The summed E-state index contributed by atoms with van der Waals surface area (Å²) in [5, 5.41) is 22.3. The number of aromatic hydroxyl groups is 1. The summed E-state index contributed by atoms with van der Waals surface area (Å²) in [6.07, 6.45) is 2.94. The van der Waals surface area contributed by atoms with Crippen LogP contribution in [0.2, 0.25) is 0 Å². The van der Waals surface area contributed by atoms with Gasteiger partial charge in [-0.2, -0.15) is 0 Å². The standard InChI is InChI=1S/C23H26F2N6O2/c1-4-31-11(2)20(24)13-8-15(18(32)9-14(13)23(31)33)22-26-10-19(28-29-22)30(3)17-7-12-5-6-16(27-12)21(17)25/h8-10,12,16-17,21,27,32H,4-7H2,1-3H3/t12?,16?,17-,21+/m0/s1. The molecule has 2 fully saturated rings. The minimum absolute atomic E-state index is 0.0834. The number of fused-ring (bicyclic) bond motifs is 3. The van der Waals surface area contributed by atoms with Crippen LogP contribution in [-0.4, -0.2) is 56.2 Å². The highest BCUT2D eigenvalue weighted by Crippen LogP contribution is 2.34. The van der Waals surface area contributed by atoms with Gasteiger partial charge in [0.25, 0.3) is 5.56 Å². The van der Waals surface area contributed by atoms with Crippen LogP contribution in [0.1, 0.15) is 31.9 Å². The number of alkyl halides is 1. The van der Waals surface area contributed by atoms with E-state index in [9.17, 15) is 18.7 Å². The third kappa shape index (κ3) is 3.43. The van der Waals surface area contributed by atoms with E-state index in [-0.39, 0.29) is 51.2 Å². The Morgan fingerprint density at radius 2 is 2.06 bits per heavy atom. The molecule has 2 bridgehead atoms. The summed E-state index contributed by atoms with van der Waals surface area (Å²) < 4.78 is 31.2. The van der Waals surface area contributed by atoms with E-state index in [0.29, 0.717) is 24.8 Å².